The maximum Gasteiger partial charge on any atom is 0.251 e. The van der Waals surface area contributed by atoms with Gasteiger partial charge in [0, 0.05) is 6.54 Å². The number of aromatic nitrogens is 2. The molecule has 0 fully saturated rings. The van der Waals surface area contributed by atoms with Crippen molar-refractivity contribution in [2.45, 2.75) is 13.1 Å². The standard InChI is InChI=1S/C18H19N3O3/c1-22-14-9-7-13(8-10-14)11-19-12-17-20-21-18(24-17)15-5-3-4-6-16(15)23-2/h3-10,19H,11-12H2,1-2H3. The van der Waals surface area contributed by atoms with Crippen molar-refractivity contribution in [1.29, 1.82) is 0 Å². The van der Waals surface area contributed by atoms with Crippen molar-refractivity contribution in [3.05, 3.63) is 60.0 Å². The third-order valence-electron chi connectivity index (χ3n) is 3.57. The van der Waals surface area contributed by atoms with Gasteiger partial charge in [-0.15, -0.1) is 10.2 Å². The minimum atomic E-state index is 0.452. The van der Waals surface area contributed by atoms with Gasteiger partial charge in [-0.3, -0.25) is 0 Å². The molecular formula is C18H19N3O3. The molecule has 0 aliphatic heterocycles. The van der Waals surface area contributed by atoms with Gasteiger partial charge >= 0.3 is 0 Å². The zero-order chi connectivity index (χ0) is 16.8. The Morgan fingerprint density at radius 3 is 2.46 bits per heavy atom. The van der Waals surface area contributed by atoms with E-state index >= 15 is 0 Å². The Kier molecular flexibility index (Phi) is 5.08. The highest BCUT2D eigenvalue weighted by atomic mass is 16.5. The molecule has 1 heterocycles. The number of methoxy groups -OCH3 is 2. The van der Waals surface area contributed by atoms with E-state index in [4.69, 9.17) is 13.9 Å². The zero-order valence-corrected chi connectivity index (χ0v) is 13.7. The van der Waals surface area contributed by atoms with Crippen LogP contribution in [0.25, 0.3) is 11.5 Å². The molecule has 0 amide bonds. The molecule has 0 bridgehead atoms. The number of rotatable bonds is 7. The van der Waals surface area contributed by atoms with Crippen LogP contribution < -0.4 is 14.8 Å². The van der Waals surface area contributed by atoms with Gasteiger partial charge in [0.2, 0.25) is 5.89 Å². The lowest BCUT2D eigenvalue weighted by Gasteiger charge is -2.04. The van der Waals surface area contributed by atoms with E-state index in [2.05, 4.69) is 15.5 Å². The smallest absolute Gasteiger partial charge is 0.251 e. The summed E-state index contributed by atoms with van der Waals surface area (Å²) >= 11 is 0. The first-order valence-corrected chi connectivity index (χ1v) is 7.59. The number of hydrogen-bond acceptors (Lipinski definition) is 6. The van der Waals surface area contributed by atoms with E-state index in [1.165, 1.54) is 0 Å². The number of ether oxygens (including phenoxy) is 2. The van der Waals surface area contributed by atoms with Gasteiger partial charge in [-0.25, -0.2) is 0 Å². The molecule has 3 rings (SSSR count). The second-order valence-corrected chi connectivity index (χ2v) is 5.15. The number of para-hydroxylation sites is 1. The largest absolute Gasteiger partial charge is 0.497 e. The lowest BCUT2D eigenvalue weighted by atomic mass is 10.2. The van der Waals surface area contributed by atoms with Crippen LogP contribution in [0.15, 0.2) is 52.9 Å². The maximum absolute atomic E-state index is 5.70. The van der Waals surface area contributed by atoms with Crippen molar-refractivity contribution in [1.82, 2.24) is 15.5 Å². The molecular weight excluding hydrogens is 306 g/mol. The first-order chi connectivity index (χ1) is 11.8. The molecule has 24 heavy (non-hydrogen) atoms. The monoisotopic (exact) mass is 325 g/mol. The number of nitrogens with one attached hydrogen (secondary N) is 1. The van der Waals surface area contributed by atoms with E-state index in [0.717, 1.165) is 16.9 Å². The summed E-state index contributed by atoms with van der Waals surface area (Å²) in [6.07, 6.45) is 0. The normalized spacial score (nSPS) is 10.6. The van der Waals surface area contributed by atoms with Crippen LogP contribution >= 0.6 is 0 Å². The highest BCUT2D eigenvalue weighted by Crippen LogP contribution is 2.28. The summed E-state index contributed by atoms with van der Waals surface area (Å²) in [6, 6.07) is 15.5. The van der Waals surface area contributed by atoms with E-state index in [-0.39, 0.29) is 0 Å². The number of nitrogens with zero attached hydrogens (tertiary/aromatic N) is 2. The predicted molar refractivity (Wildman–Crippen MR) is 89.8 cm³/mol. The topological polar surface area (TPSA) is 69.4 Å². The number of benzene rings is 2. The highest BCUT2D eigenvalue weighted by molar-refractivity contribution is 5.62. The molecule has 2 aromatic carbocycles. The van der Waals surface area contributed by atoms with Gasteiger partial charge in [0.15, 0.2) is 0 Å². The van der Waals surface area contributed by atoms with Crippen molar-refractivity contribution < 1.29 is 13.9 Å². The van der Waals surface area contributed by atoms with Gasteiger partial charge in [0.25, 0.3) is 5.89 Å². The van der Waals surface area contributed by atoms with Crippen LogP contribution in [0.4, 0.5) is 0 Å². The first-order valence-electron chi connectivity index (χ1n) is 7.59. The molecule has 6 nitrogen and oxygen atoms in total. The van der Waals surface area contributed by atoms with Crippen molar-refractivity contribution in [2.75, 3.05) is 14.2 Å². The molecule has 0 saturated heterocycles. The average molecular weight is 325 g/mol. The first kappa shape index (κ1) is 16.0. The summed E-state index contributed by atoms with van der Waals surface area (Å²) in [5.74, 6) is 2.54. The zero-order valence-electron chi connectivity index (χ0n) is 13.7. The lowest BCUT2D eigenvalue weighted by molar-refractivity contribution is 0.412. The molecule has 0 unspecified atom stereocenters. The molecule has 0 spiro atoms. The molecule has 0 saturated carbocycles. The Morgan fingerprint density at radius 1 is 0.917 bits per heavy atom. The molecule has 124 valence electrons. The molecule has 6 heteroatoms. The minimum absolute atomic E-state index is 0.452. The van der Waals surface area contributed by atoms with Gasteiger partial charge in [0.1, 0.15) is 11.5 Å². The van der Waals surface area contributed by atoms with Crippen LogP contribution in [0.2, 0.25) is 0 Å². The van der Waals surface area contributed by atoms with E-state index in [0.29, 0.717) is 30.6 Å². The van der Waals surface area contributed by atoms with Crippen molar-refractivity contribution in [3.8, 4) is 23.0 Å². The van der Waals surface area contributed by atoms with E-state index in [9.17, 15) is 0 Å². The molecule has 3 aromatic rings. The van der Waals surface area contributed by atoms with Crippen LogP contribution in [-0.2, 0) is 13.1 Å². The molecule has 0 atom stereocenters. The van der Waals surface area contributed by atoms with Gasteiger partial charge < -0.3 is 19.2 Å². The second-order valence-electron chi connectivity index (χ2n) is 5.15. The summed E-state index contributed by atoms with van der Waals surface area (Å²) in [7, 11) is 3.27. The Morgan fingerprint density at radius 2 is 1.71 bits per heavy atom. The summed E-state index contributed by atoms with van der Waals surface area (Å²) in [5.41, 5.74) is 1.94. The lowest BCUT2D eigenvalue weighted by Crippen LogP contribution is -2.12. The SMILES string of the molecule is COc1ccc(CNCc2nnc(-c3ccccc3OC)o2)cc1. The molecule has 0 aliphatic carbocycles. The molecule has 1 aromatic heterocycles. The Balaban J connectivity index is 1.59. The van der Waals surface area contributed by atoms with Crippen LogP contribution in [0.3, 0.4) is 0 Å². The third kappa shape index (κ3) is 3.72. The van der Waals surface area contributed by atoms with E-state index in [1.807, 2.05) is 48.5 Å². The van der Waals surface area contributed by atoms with Crippen LogP contribution in [0, 0.1) is 0 Å². The Labute approximate surface area is 140 Å². The summed E-state index contributed by atoms with van der Waals surface area (Å²) < 4.78 is 16.2. The maximum atomic E-state index is 5.70. The highest BCUT2D eigenvalue weighted by Gasteiger charge is 2.12. The summed E-state index contributed by atoms with van der Waals surface area (Å²) in [5, 5.41) is 11.4. The van der Waals surface area contributed by atoms with Gasteiger partial charge in [0.05, 0.1) is 26.3 Å². The van der Waals surface area contributed by atoms with Gasteiger partial charge in [-0.1, -0.05) is 24.3 Å². The molecule has 0 radical (unpaired) electrons. The average Bonchev–Trinajstić information content (AvgIpc) is 3.11. The fourth-order valence-corrected chi connectivity index (χ4v) is 2.31. The Hall–Kier alpha value is -2.86. The summed E-state index contributed by atoms with van der Waals surface area (Å²) in [4.78, 5) is 0. The van der Waals surface area contributed by atoms with Gasteiger partial charge in [-0.2, -0.15) is 0 Å². The van der Waals surface area contributed by atoms with Crippen LogP contribution in [0.1, 0.15) is 11.5 Å². The minimum Gasteiger partial charge on any atom is -0.497 e. The van der Waals surface area contributed by atoms with E-state index < -0.39 is 0 Å². The van der Waals surface area contributed by atoms with E-state index in [1.54, 1.807) is 14.2 Å². The van der Waals surface area contributed by atoms with Crippen molar-refractivity contribution >= 4 is 0 Å². The van der Waals surface area contributed by atoms with Crippen LogP contribution in [-0.4, -0.2) is 24.4 Å². The summed E-state index contributed by atoms with van der Waals surface area (Å²) in [6.45, 7) is 1.20. The third-order valence-corrected chi connectivity index (χ3v) is 3.57. The molecule has 0 aliphatic rings. The van der Waals surface area contributed by atoms with Crippen LogP contribution in [0.5, 0.6) is 11.5 Å². The number of hydrogen-bond donors (Lipinski definition) is 1. The second kappa shape index (κ2) is 7.61. The Bertz CT molecular complexity index is 784. The van der Waals surface area contributed by atoms with Crippen molar-refractivity contribution in [3.63, 3.8) is 0 Å². The van der Waals surface area contributed by atoms with Crippen molar-refractivity contribution in [2.24, 2.45) is 0 Å². The van der Waals surface area contributed by atoms with Gasteiger partial charge in [-0.05, 0) is 29.8 Å². The quantitative estimate of drug-likeness (QED) is 0.720. The fourth-order valence-electron chi connectivity index (χ4n) is 2.31. The predicted octanol–water partition coefficient (Wildman–Crippen LogP) is 3.04. The molecule has 1 N–H and O–H groups in total. The fraction of sp³-hybridized carbons (Fsp3) is 0.222.